The second-order valence-corrected chi connectivity index (χ2v) is 12.9. The summed E-state index contributed by atoms with van der Waals surface area (Å²) in [7, 11) is -3.17. The molecular formula is C8H18O2Si3. The fraction of sp³-hybridized carbons (Fsp3) is 0.500. The second kappa shape index (κ2) is 5.06. The van der Waals surface area contributed by atoms with Crippen LogP contribution in [0, 0.1) is 0 Å². The van der Waals surface area contributed by atoms with E-state index in [1.54, 1.807) is 0 Å². The van der Waals surface area contributed by atoms with Crippen molar-refractivity contribution in [1.82, 2.24) is 0 Å². The summed E-state index contributed by atoms with van der Waals surface area (Å²) in [6, 6.07) is 0. The van der Waals surface area contributed by atoms with Gasteiger partial charge in [0.05, 0.1) is 0 Å². The van der Waals surface area contributed by atoms with Crippen LogP contribution in [0.1, 0.15) is 0 Å². The molecule has 0 fully saturated rings. The van der Waals surface area contributed by atoms with Crippen LogP contribution < -0.4 is 0 Å². The lowest BCUT2D eigenvalue weighted by Gasteiger charge is -2.22. The van der Waals surface area contributed by atoms with Crippen LogP contribution in [0.4, 0.5) is 0 Å². The average Bonchev–Trinajstić information content (AvgIpc) is 2.04. The van der Waals surface area contributed by atoms with Crippen LogP contribution in [0.25, 0.3) is 0 Å². The molecule has 2 nitrogen and oxygen atoms in total. The molecule has 0 bridgehead atoms. The lowest BCUT2D eigenvalue weighted by Crippen LogP contribution is -2.36. The van der Waals surface area contributed by atoms with Crippen molar-refractivity contribution in [3.63, 3.8) is 0 Å². The highest BCUT2D eigenvalue weighted by atomic mass is 28.4. The third-order valence-electron chi connectivity index (χ3n) is 1.59. The largest absolute Gasteiger partial charge is 0.431 e. The molecule has 0 heterocycles. The van der Waals surface area contributed by atoms with Crippen LogP contribution in [0.3, 0.4) is 0 Å². The number of hydrogen-bond donors (Lipinski definition) is 0. The molecule has 0 aliphatic carbocycles. The summed E-state index contributed by atoms with van der Waals surface area (Å²) in [5, 5.41) is 0. The van der Waals surface area contributed by atoms with Crippen molar-refractivity contribution in [2.24, 2.45) is 0 Å². The lowest BCUT2D eigenvalue weighted by atomic mass is 11.3. The maximum atomic E-state index is 5.63. The van der Waals surface area contributed by atoms with E-state index < -0.39 is 16.6 Å². The van der Waals surface area contributed by atoms with Crippen LogP contribution in [-0.2, 0) is 8.23 Å². The highest BCUT2D eigenvalue weighted by molar-refractivity contribution is 6.82. The Morgan fingerprint density at radius 3 is 1.46 bits per heavy atom. The van der Waals surface area contributed by atoms with Crippen molar-refractivity contribution < 1.29 is 8.23 Å². The van der Waals surface area contributed by atoms with Gasteiger partial charge in [0.15, 0.2) is 16.6 Å². The highest BCUT2D eigenvalue weighted by Gasteiger charge is 2.22. The quantitative estimate of drug-likeness (QED) is 0.653. The Morgan fingerprint density at radius 2 is 1.23 bits per heavy atom. The van der Waals surface area contributed by atoms with Gasteiger partial charge in [-0.15, -0.1) is 13.2 Å². The number of hydrogen-bond acceptors (Lipinski definition) is 2. The van der Waals surface area contributed by atoms with Gasteiger partial charge in [0.25, 0.3) is 0 Å². The maximum absolute atomic E-state index is 5.63. The first-order valence-electron chi connectivity index (χ1n) is 4.21. The molecule has 0 aliphatic rings. The topological polar surface area (TPSA) is 18.5 Å². The molecule has 0 aromatic carbocycles. The van der Waals surface area contributed by atoms with Gasteiger partial charge in [-0.3, -0.25) is 0 Å². The van der Waals surface area contributed by atoms with E-state index in [4.69, 9.17) is 8.23 Å². The molecule has 0 unspecified atom stereocenters. The predicted octanol–water partition coefficient (Wildman–Crippen LogP) is 2.41. The van der Waals surface area contributed by atoms with E-state index in [1.165, 1.54) is 0 Å². The van der Waals surface area contributed by atoms with Crippen LogP contribution in [0.5, 0.6) is 0 Å². The normalized spacial score (nSPS) is 12.6. The van der Waals surface area contributed by atoms with Gasteiger partial charge in [-0.1, -0.05) is 11.4 Å². The van der Waals surface area contributed by atoms with E-state index in [0.717, 1.165) is 0 Å². The van der Waals surface area contributed by atoms with Gasteiger partial charge in [0.2, 0.25) is 0 Å². The fourth-order valence-electron chi connectivity index (χ4n) is 0.319. The summed E-state index contributed by atoms with van der Waals surface area (Å²) < 4.78 is 11.3. The molecule has 0 atom stereocenters. The van der Waals surface area contributed by atoms with Crippen molar-refractivity contribution in [3.05, 3.63) is 24.6 Å². The van der Waals surface area contributed by atoms with E-state index in [2.05, 4.69) is 39.3 Å². The summed E-state index contributed by atoms with van der Waals surface area (Å²) >= 11 is 0. The van der Waals surface area contributed by atoms with Gasteiger partial charge in [0, 0.05) is 0 Å². The van der Waals surface area contributed by atoms with Crippen molar-refractivity contribution in [2.75, 3.05) is 0 Å². The fourth-order valence-corrected chi connectivity index (χ4v) is 3.25. The molecule has 13 heavy (non-hydrogen) atoms. The van der Waals surface area contributed by atoms with Gasteiger partial charge in [-0.2, -0.15) is 0 Å². The summed E-state index contributed by atoms with van der Waals surface area (Å²) in [6.07, 6.45) is 0. The zero-order valence-electron chi connectivity index (χ0n) is 8.89. The third-order valence-corrected chi connectivity index (χ3v) is 8.43. The van der Waals surface area contributed by atoms with Crippen LogP contribution in [0.15, 0.2) is 24.6 Å². The number of rotatable bonds is 6. The van der Waals surface area contributed by atoms with Crippen molar-refractivity contribution >= 4 is 26.6 Å². The first-order chi connectivity index (χ1) is 5.83. The van der Waals surface area contributed by atoms with Crippen LogP contribution in [-0.4, -0.2) is 26.6 Å². The first kappa shape index (κ1) is 13.1. The van der Waals surface area contributed by atoms with E-state index in [1.807, 2.05) is 11.4 Å². The summed E-state index contributed by atoms with van der Waals surface area (Å²) in [4.78, 5) is 0. The highest BCUT2D eigenvalue weighted by Crippen LogP contribution is 2.07. The molecule has 0 saturated carbocycles. The molecule has 0 aliphatic heterocycles. The Balaban J connectivity index is 3.80. The van der Waals surface area contributed by atoms with Gasteiger partial charge in [-0.05, 0) is 26.2 Å². The second-order valence-electron chi connectivity index (χ2n) is 3.90. The monoisotopic (exact) mass is 230 g/mol. The maximum Gasteiger partial charge on any atom is 0.410 e. The molecule has 0 amide bonds. The third kappa shape index (κ3) is 6.17. The van der Waals surface area contributed by atoms with Gasteiger partial charge in [0.1, 0.15) is 0 Å². The Labute approximate surface area is 86.0 Å². The van der Waals surface area contributed by atoms with Crippen LogP contribution in [0.2, 0.25) is 26.2 Å². The minimum absolute atomic E-state index is 0.130. The first-order valence-corrected chi connectivity index (χ1v) is 11.0. The van der Waals surface area contributed by atoms with Crippen molar-refractivity contribution in [1.29, 1.82) is 0 Å². The van der Waals surface area contributed by atoms with Crippen LogP contribution >= 0.6 is 0 Å². The molecule has 0 aromatic rings. The molecule has 74 valence electrons. The SMILES string of the molecule is C=C[Si](C)(C)O[Si]O[Si](C)(C)C=C. The Kier molecular flexibility index (Phi) is 5.08. The average molecular weight is 230 g/mol. The van der Waals surface area contributed by atoms with E-state index in [-0.39, 0.29) is 10.0 Å². The smallest absolute Gasteiger partial charge is 0.410 e. The Bertz CT molecular complexity index is 170. The minimum atomic E-state index is -1.65. The van der Waals surface area contributed by atoms with Gasteiger partial charge < -0.3 is 8.23 Å². The molecule has 0 rings (SSSR count). The van der Waals surface area contributed by atoms with E-state index in [9.17, 15) is 0 Å². The molecule has 0 spiro atoms. The zero-order chi connectivity index (χ0) is 10.5. The summed E-state index contributed by atoms with van der Waals surface area (Å²) in [5.41, 5.74) is 3.82. The molecule has 5 heteroatoms. The van der Waals surface area contributed by atoms with Gasteiger partial charge >= 0.3 is 10.0 Å². The van der Waals surface area contributed by atoms with E-state index >= 15 is 0 Å². The standard InChI is InChI=1S/C8H18O2Si3/c1-7-12(3,4)9-11-10-13(5,6)8-2/h7-8H,1-2H2,3-6H3. The summed E-state index contributed by atoms with van der Waals surface area (Å²) in [5.74, 6) is 0. The zero-order valence-corrected chi connectivity index (χ0v) is 11.9. The molecular weight excluding hydrogens is 212 g/mol. The molecule has 2 radical (unpaired) electrons. The summed E-state index contributed by atoms with van der Waals surface area (Å²) in [6.45, 7) is 15.9. The van der Waals surface area contributed by atoms with Crippen molar-refractivity contribution in [3.8, 4) is 0 Å². The molecule has 0 aromatic heterocycles. The lowest BCUT2D eigenvalue weighted by molar-refractivity contribution is 0.462. The van der Waals surface area contributed by atoms with E-state index in [0.29, 0.717) is 0 Å². The van der Waals surface area contributed by atoms with Gasteiger partial charge in [-0.25, -0.2) is 0 Å². The minimum Gasteiger partial charge on any atom is -0.431 e. The Hall–Kier alpha value is 0.0506. The Morgan fingerprint density at radius 1 is 0.923 bits per heavy atom. The van der Waals surface area contributed by atoms with Crippen molar-refractivity contribution in [2.45, 2.75) is 26.2 Å². The predicted molar refractivity (Wildman–Crippen MR) is 63.3 cm³/mol. The molecule has 0 saturated heterocycles. The molecule has 0 N–H and O–H groups in total.